The van der Waals surface area contributed by atoms with E-state index in [1.807, 2.05) is 30.3 Å². The summed E-state index contributed by atoms with van der Waals surface area (Å²) in [6, 6.07) is 19.6. The zero-order valence-corrected chi connectivity index (χ0v) is 16.2. The molecular formula is C22H19BN2O5. The Kier molecular flexibility index (Phi) is 5.51. The standard InChI is InChI=1S/C22H19BN2O5/c1-29-19-12-15(21-24-18-10-6-5-9-16(18)22(26)25-21)11-17(23(27)28)20(19)30-13-14-7-3-2-4-8-14/h2-12,27-28H,13H2,1H3,(H,24,25,26). The highest BCUT2D eigenvalue weighted by molar-refractivity contribution is 6.60. The second-order valence-corrected chi connectivity index (χ2v) is 6.68. The Hall–Kier alpha value is -3.62. The highest BCUT2D eigenvalue weighted by Crippen LogP contribution is 2.31. The van der Waals surface area contributed by atoms with Crippen molar-refractivity contribution in [1.29, 1.82) is 0 Å². The minimum Gasteiger partial charge on any atom is -0.493 e. The molecule has 0 unspecified atom stereocenters. The van der Waals surface area contributed by atoms with E-state index in [0.29, 0.717) is 22.2 Å². The van der Waals surface area contributed by atoms with Gasteiger partial charge in [-0.05, 0) is 29.8 Å². The van der Waals surface area contributed by atoms with E-state index in [0.717, 1.165) is 5.56 Å². The first-order chi connectivity index (χ1) is 14.6. The Labute approximate surface area is 172 Å². The van der Waals surface area contributed by atoms with Crippen molar-refractivity contribution in [3.63, 3.8) is 0 Å². The van der Waals surface area contributed by atoms with E-state index >= 15 is 0 Å². The van der Waals surface area contributed by atoms with Crippen LogP contribution in [0.2, 0.25) is 0 Å². The van der Waals surface area contributed by atoms with Crippen LogP contribution in [0.4, 0.5) is 0 Å². The van der Waals surface area contributed by atoms with Crippen LogP contribution < -0.4 is 20.5 Å². The topological polar surface area (TPSA) is 105 Å². The predicted molar refractivity (Wildman–Crippen MR) is 115 cm³/mol. The summed E-state index contributed by atoms with van der Waals surface area (Å²) in [7, 11) is -0.352. The molecule has 0 fully saturated rings. The Morgan fingerprint density at radius 3 is 2.50 bits per heavy atom. The second kappa shape index (κ2) is 8.40. The molecule has 4 aromatic rings. The SMILES string of the molecule is COc1cc(-c2nc3ccccc3c(=O)[nH]2)cc(B(O)O)c1OCc1ccccc1. The molecule has 0 aliphatic carbocycles. The summed E-state index contributed by atoms with van der Waals surface area (Å²) < 4.78 is 11.3. The van der Waals surface area contributed by atoms with E-state index in [4.69, 9.17) is 9.47 Å². The third-order valence-electron chi connectivity index (χ3n) is 4.69. The summed E-state index contributed by atoms with van der Waals surface area (Å²) in [5, 5.41) is 20.4. The first-order valence-electron chi connectivity index (χ1n) is 9.31. The van der Waals surface area contributed by atoms with Gasteiger partial charge in [-0.3, -0.25) is 4.79 Å². The molecular weight excluding hydrogens is 383 g/mol. The Morgan fingerprint density at radius 2 is 1.77 bits per heavy atom. The van der Waals surface area contributed by atoms with Crippen molar-refractivity contribution in [1.82, 2.24) is 9.97 Å². The monoisotopic (exact) mass is 402 g/mol. The van der Waals surface area contributed by atoms with Gasteiger partial charge in [0.05, 0.1) is 18.0 Å². The van der Waals surface area contributed by atoms with Crippen LogP contribution >= 0.6 is 0 Å². The molecule has 1 aromatic heterocycles. The van der Waals surface area contributed by atoms with E-state index < -0.39 is 7.12 Å². The molecule has 4 rings (SSSR count). The summed E-state index contributed by atoms with van der Waals surface area (Å²) in [5.74, 6) is 0.791. The third kappa shape index (κ3) is 3.91. The van der Waals surface area contributed by atoms with E-state index in [1.165, 1.54) is 13.2 Å². The average Bonchev–Trinajstić information content (AvgIpc) is 2.77. The summed E-state index contributed by atoms with van der Waals surface area (Å²) in [4.78, 5) is 19.6. The molecule has 0 atom stereocenters. The molecule has 0 saturated heterocycles. The van der Waals surface area contributed by atoms with Gasteiger partial charge in [0.25, 0.3) is 5.56 Å². The molecule has 0 amide bonds. The minimum atomic E-state index is -1.81. The van der Waals surface area contributed by atoms with Crippen LogP contribution in [0, 0.1) is 0 Å². The van der Waals surface area contributed by atoms with Gasteiger partial charge >= 0.3 is 7.12 Å². The summed E-state index contributed by atoms with van der Waals surface area (Å²) in [6.45, 7) is 0.224. The molecule has 7 nitrogen and oxygen atoms in total. The van der Waals surface area contributed by atoms with Gasteiger partial charge in [-0.1, -0.05) is 42.5 Å². The fourth-order valence-corrected chi connectivity index (χ4v) is 3.21. The molecule has 0 saturated carbocycles. The number of rotatable bonds is 6. The van der Waals surface area contributed by atoms with Crippen molar-refractivity contribution < 1.29 is 19.5 Å². The van der Waals surface area contributed by atoms with Crippen molar-refractivity contribution in [2.75, 3.05) is 7.11 Å². The lowest BCUT2D eigenvalue weighted by molar-refractivity contribution is 0.285. The lowest BCUT2D eigenvalue weighted by Gasteiger charge is -2.17. The van der Waals surface area contributed by atoms with Gasteiger partial charge in [0.2, 0.25) is 0 Å². The minimum absolute atomic E-state index is 0.107. The Balaban J connectivity index is 1.79. The fraction of sp³-hybridized carbons (Fsp3) is 0.0909. The number of aromatic amines is 1. The molecule has 0 aliphatic rings. The molecule has 30 heavy (non-hydrogen) atoms. The van der Waals surface area contributed by atoms with Crippen LogP contribution in [0.3, 0.4) is 0 Å². The van der Waals surface area contributed by atoms with Gasteiger partial charge in [-0.15, -0.1) is 0 Å². The summed E-state index contributed by atoms with van der Waals surface area (Å²) in [5.41, 5.74) is 1.74. The number of methoxy groups -OCH3 is 1. The number of para-hydroxylation sites is 1. The Bertz CT molecular complexity index is 1240. The van der Waals surface area contributed by atoms with E-state index in [-0.39, 0.29) is 29.2 Å². The van der Waals surface area contributed by atoms with Crippen LogP contribution in [0.15, 0.2) is 71.5 Å². The number of H-pyrrole nitrogens is 1. The zero-order chi connectivity index (χ0) is 21.1. The second-order valence-electron chi connectivity index (χ2n) is 6.68. The van der Waals surface area contributed by atoms with Crippen LogP contribution in [0.25, 0.3) is 22.3 Å². The van der Waals surface area contributed by atoms with Gasteiger partial charge in [-0.2, -0.15) is 0 Å². The highest BCUT2D eigenvalue weighted by atomic mass is 16.5. The molecule has 150 valence electrons. The molecule has 0 bridgehead atoms. The number of nitrogens with one attached hydrogen (secondary N) is 1. The lowest BCUT2D eigenvalue weighted by atomic mass is 9.78. The van der Waals surface area contributed by atoms with Crippen LogP contribution in [0.5, 0.6) is 11.5 Å². The quantitative estimate of drug-likeness (QED) is 0.426. The third-order valence-corrected chi connectivity index (χ3v) is 4.69. The summed E-state index contributed by atoms with van der Waals surface area (Å²) >= 11 is 0. The molecule has 0 spiro atoms. The molecule has 0 aliphatic heterocycles. The number of fused-ring (bicyclic) bond motifs is 1. The number of nitrogens with zero attached hydrogens (tertiary/aromatic N) is 1. The van der Waals surface area contributed by atoms with Crippen molar-refractivity contribution in [2.24, 2.45) is 0 Å². The number of hydrogen-bond donors (Lipinski definition) is 3. The molecule has 8 heteroatoms. The number of benzene rings is 3. The van der Waals surface area contributed by atoms with Crippen molar-refractivity contribution >= 4 is 23.5 Å². The first kappa shape index (κ1) is 19.7. The summed E-state index contributed by atoms with van der Waals surface area (Å²) in [6.07, 6.45) is 0. The molecule has 3 N–H and O–H groups in total. The van der Waals surface area contributed by atoms with Gasteiger partial charge in [0, 0.05) is 11.0 Å². The normalized spacial score (nSPS) is 10.8. The maximum Gasteiger partial charge on any atom is 0.492 e. The number of aromatic nitrogens is 2. The smallest absolute Gasteiger partial charge is 0.492 e. The van der Waals surface area contributed by atoms with E-state index in [1.54, 1.807) is 30.3 Å². The number of ether oxygens (including phenoxy) is 2. The zero-order valence-electron chi connectivity index (χ0n) is 16.2. The Morgan fingerprint density at radius 1 is 1.03 bits per heavy atom. The lowest BCUT2D eigenvalue weighted by Crippen LogP contribution is -2.32. The first-order valence-corrected chi connectivity index (χ1v) is 9.31. The van der Waals surface area contributed by atoms with Gasteiger partial charge in [0.1, 0.15) is 12.4 Å². The molecule has 3 aromatic carbocycles. The fourth-order valence-electron chi connectivity index (χ4n) is 3.21. The van der Waals surface area contributed by atoms with Crippen molar-refractivity contribution in [3.05, 3.63) is 82.6 Å². The van der Waals surface area contributed by atoms with Crippen molar-refractivity contribution in [3.8, 4) is 22.9 Å². The van der Waals surface area contributed by atoms with E-state index in [2.05, 4.69) is 9.97 Å². The average molecular weight is 402 g/mol. The predicted octanol–water partition coefficient (Wildman–Crippen LogP) is 1.86. The van der Waals surface area contributed by atoms with Crippen molar-refractivity contribution in [2.45, 2.75) is 6.61 Å². The van der Waals surface area contributed by atoms with E-state index in [9.17, 15) is 14.8 Å². The van der Waals surface area contributed by atoms with Gasteiger partial charge in [0.15, 0.2) is 11.5 Å². The van der Waals surface area contributed by atoms with Gasteiger partial charge in [-0.25, -0.2) is 4.98 Å². The molecule has 0 radical (unpaired) electrons. The maximum absolute atomic E-state index is 12.4. The largest absolute Gasteiger partial charge is 0.493 e. The van der Waals surface area contributed by atoms with Crippen LogP contribution in [-0.4, -0.2) is 34.2 Å². The highest BCUT2D eigenvalue weighted by Gasteiger charge is 2.24. The van der Waals surface area contributed by atoms with Crippen LogP contribution in [0.1, 0.15) is 5.56 Å². The molecule has 1 heterocycles. The maximum atomic E-state index is 12.4. The van der Waals surface area contributed by atoms with Gasteiger partial charge < -0.3 is 24.5 Å². The van der Waals surface area contributed by atoms with Crippen LogP contribution in [-0.2, 0) is 6.61 Å². The number of hydrogen-bond acceptors (Lipinski definition) is 6.